The Hall–Kier alpha value is -2.78. The molecule has 9 heteroatoms. The number of hydrogen-bond donors (Lipinski definition) is 1. The van der Waals surface area contributed by atoms with E-state index in [9.17, 15) is 9.59 Å². The van der Waals surface area contributed by atoms with Gasteiger partial charge in [-0.25, -0.2) is 9.79 Å². The molecule has 0 unspecified atom stereocenters. The minimum atomic E-state index is -0.456. The van der Waals surface area contributed by atoms with E-state index < -0.39 is 12.0 Å². The summed E-state index contributed by atoms with van der Waals surface area (Å²) in [5.74, 6) is 0.241. The van der Waals surface area contributed by atoms with Gasteiger partial charge in [0.1, 0.15) is 5.75 Å². The molecule has 1 aromatic rings. The van der Waals surface area contributed by atoms with E-state index in [-0.39, 0.29) is 12.3 Å². The van der Waals surface area contributed by atoms with Crippen molar-refractivity contribution in [1.82, 2.24) is 15.1 Å². The number of nitrogens with zero attached hydrogens (tertiary/aromatic N) is 3. The summed E-state index contributed by atoms with van der Waals surface area (Å²) < 4.78 is 10.6. The Morgan fingerprint density at radius 2 is 2.00 bits per heavy atom. The van der Waals surface area contributed by atoms with Crippen LogP contribution in [-0.4, -0.2) is 67.2 Å². The fourth-order valence-electron chi connectivity index (χ4n) is 4.80. The van der Waals surface area contributed by atoms with Gasteiger partial charge in [0.25, 0.3) is 0 Å². The predicted molar refractivity (Wildman–Crippen MR) is 138 cm³/mol. The van der Waals surface area contributed by atoms with Crippen LogP contribution in [0.1, 0.15) is 50.6 Å². The van der Waals surface area contributed by atoms with E-state index in [2.05, 4.69) is 10.2 Å². The number of amidine groups is 1. The van der Waals surface area contributed by atoms with E-state index in [4.69, 9.17) is 14.5 Å². The van der Waals surface area contributed by atoms with Gasteiger partial charge in [-0.15, -0.1) is 0 Å². The fraction of sp³-hybridized carbons (Fsp3) is 0.500. The molecule has 3 aliphatic rings. The summed E-state index contributed by atoms with van der Waals surface area (Å²) in [5, 5.41) is 5.79. The lowest BCUT2D eigenvalue weighted by molar-refractivity contribution is -0.136. The van der Waals surface area contributed by atoms with Crippen LogP contribution in [0.15, 0.2) is 51.6 Å². The molecule has 1 fully saturated rings. The molecule has 0 aliphatic carbocycles. The molecule has 3 heterocycles. The Morgan fingerprint density at radius 1 is 1.20 bits per heavy atom. The molecular formula is C26H34N4O4S. The van der Waals surface area contributed by atoms with Crippen LogP contribution in [0.25, 0.3) is 0 Å². The van der Waals surface area contributed by atoms with Gasteiger partial charge in [-0.3, -0.25) is 4.79 Å². The summed E-state index contributed by atoms with van der Waals surface area (Å²) in [6, 6.07) is 7.20. The van der Waals surface area contributed by atoms with Crippen molar-refractivity contribution in [2.45, 2.75) is 45.1 Å². The summed E-state index contributed by atoms with van der Waals surface area (Å²) in [6.07, 6.45) is 4.56. The van der Waals surface area contributed by atoms with Gasteiger partial charge in [-0.05, 0) is 55.5 Å². The Morgan fingerprint density at radius 3 is 2.71 bits per heavy atom. The average Bonchev–Trinajstić information content (AvgIpc) is 3.29. The molecule has 8 nitrogen and oxygen atoms in total. The highest BCUT2D eigenvalue weighted by atomic mass is 32.2. The number of hydrogen-bond acceptors (Lipinski definition) is 8. The van der Waals surface area contributed by atoms with E-state index in [0.29, 0.717) is 30.0 Å². The molecule has 0 spiro atoms. The maximum atomic E-state index is 13.0. The molecule has 0 radical (unpaired) electrons. The first-order valence-electron chi connectivity index (χ1n) is 12.2. The zero-order valence-corrected chi connectivity index (χ0v) is 21.5. The zero-order valence-electron chi connectivity index (χ0n) is 20.7. The van der Waals surface area contributed by atoms with Crippen molar-refractivity contribution in [3.05, 3.63) is 52.2 Å². The van der Waals surface area contributed by atoms with Crippen LogP contribution in [0.5, 0.6) is 5.75 Å². The van der Waals surface area contributed by atoms with Gasteiger partial charge in [0.05, 0.1) is 38.0 Å². The van der Waals surface area contributed by atoms with Crippen molar-refractivity contribution < 1.29 is 19.1 Å². The van der Waals surface area contributed by atoms with Crippen LogP contribution in [0.2, 0.25) is 0 Å². The third-order valence-corrected chi connectivity index (χ3v) is 7.47. The van der Waals surface area contributed by atoms with Gasteiger partial charge < -0.3 is 24.6 Å². The Bertz CT molecular complexity index is 1050. The monoisotopic (exact) mass is 498 g/mol. The topological polar surface area (TPSA) is 83.5 Å². The smallest absolute Gasteiger partial charge is 0.338 e. The number of likely N-dealkylation sites (tertiary alicyclic amines) is 1. The van der Waals surface area contributed by atoms with E-state index in [1.54, 1.807) is 7.11 Å². The van der Waals surface area contributed by atoms with Crippen LogP contribution < -0.4 is 10.1 Å². The molecule has 3 aliphatic heterocycles. The van der Waals surface area contributed by atoms with Gasteiger partial charge in [-0.1, -0.05) is 37.2 Å². The van der Waals surface area contributed by atoms with Crippen molar-refractivity contribution in [2.24, 2.45) is 4.99 Å². The number of fused-ring (bicyclic) bond motifs is 1. The average molecular weight is 499 g/mol. The van der Waals surface area contributed by atoms with Crippen LogP contribution in [0, 0.1) is 0 Å². The number of methoxy groups -OCH3 is 2. The lowest BCUT2D eigenvalue weighted by Gasteiger charge is -2.36. The number of esters is 1. The lowest BCUT2D eigenvalue weighted by atomic mass is 9.92. The number of nitrogens with one attached hydrogen (secondary N) is 1. The number of carbonyl (C=O) groups is 2. The molecular weight excluding hydrogens is 464 g/mol. The maximum Gasteiger partial charge on any atom is 0.338 e. The number of ether oxygens (including phenoxy) is 2. The first-order valence-corrected chi connectivity index (χ1v) is 13.1. The summed E-state index contributed by atoms with van der Waals surface area (Å²) in [5.41, 5.74) is 2.88. The molecule has 1 amide bonds. The molecule has 0 bridgehead atoms. The number of rotatable bonds is 9. The molecule has 0 aromatic heterocycles. The number of aliphatic imine (C=N–C) groups is 1. The maximum absolute atomic E-state index is 13.0. The molecule has 1 atom stereocenters. The summed E-state index contributed by atoms with van der Waals surface area (Å²) >= 11 is 1.48. The number of thioether (sulfide) groups is 1. The highest BCUT2D eigenvalue weighted by Crippen LogP contribution is 2.45. The summed E-state index contributed by atoms with van der Waals surface area (Å²) in [7, 11) is 3.00. The van der Waals surface area contributed by atoms with Gasteiger partial charge in [0, 0.05) is 18.8 Å². The second-order valence-electron chi connectivity index (χ2n) is 8.81. The second-order valence-corrected chi connectivity index (χ2v) is 9.64. The van der Waals surface area contributed by atoms with E-state index in [1.807, 2.05) is 41.5 Å². The van der Waals surface area contributed by atoms with E-state index in [0.717, 1.165) is 36.1 Å². The Balaban J connectivity index is 1.55. The van der Waals surface area contributed by atoms with Crippen molar-refractivity contribution >= 4 is 28.8 Å². The van der Waals surface area contributed by atoms with E-state index >= 15 is 0 Å². The van der Waals surface area contributed by atoms with Crippen LogP contribution in [0.3, 0.4) is 0 Å². The number of benzene rings is 1. The predicted octanol–water partition coefficient (Wildman–Crippen LogP) is 3.83. The largest absolute Gasteiger partial charge is 0.497 e. The SMILES string of the molecule is CCC1=C(C(=O)OC)[C@@H](c2cccc(OC)c2)N2C(CC(=O)NCCN3CCCCC3)=CSC2=N1. The number of allylic oxidation sites excluding steroid dienone is 1. The first kappa shape index (κ1) is 25.3. The lowest BCUT2D eigenvalue weighted by Crippen LogP contribution is -2.40. The minimum absolute atomic E-state index is 0.0376. The third kappa shape index (κ3) is 5.73. The number of piperidine rings is 1. The number of amides is 1. The Kier molecular flexibility index (Phi) is 8.51. The quantitative estimate of drug-likeness (QED) is 0.518. The van der Waals surface area contributed by atoms with Crippen molar-refractivity contribution in [2.75, 3.05) is 40.4 Å². The van der Waals surface area contributed by atoms with E-state index in [1.165, 1.54) is 38.1 Å². The van der Waals surface area contributed by atoms with Crippen molar-refractivity contribution in [1.29, 1.82) is 0 Å². The van der Waals surface area contributed by atoms with Crippen molar-refractivity contribution in [3.8, 4) is 5.75 Å². The molecule has 0 saturated carbocycles. The minimum Gasteiger partial charge on any atom is -0.497 e. The van der Waals surface area contributed by atoms with Crippen molar-refractivity contribution in [3.63, 3.8) is 0 Å². The standard InChI is InChI=1S/C26H34N4O4S/c1-4-21-23(25(32)34-3)24(18-9-8-10-20(15-18)33-2)30-19(17-35-26(30)28-21)16-22(31)27-11-14-29-12-6-5-7-13-29/h8-10,15,17,24H,4-7,11-14,16H2,1-3H3,(H,27,31)/t24-/m1/s1. The molecule has 1 aromatic carbocycles. The van der Waals surface area contributed by atoms with Crippen LogP contribution in [-0.2, 0) is 14.3 Å². The molecule has 188 valence electrons. The number of carbonyl (C=O) groups excluding carboxylic acids is 2. The van der Waals surface area contributed by atoms with Gasteiger partial charge in [0.15, 0.2) is 5.17 Å². The highest BCUT2D eigenvalue weighted by molar-refractivity contribution is 8.16. The molecule has 1 saturated heterocycles. The van der Waals surface area contributed by atoms with Crippen LogP contribution in [0.4, 0.5) is 0 Å². The first-order chi connectivity index (χ1) is 17.0. The van der Waals surface area contributed by atoms with Gasteiger partial charge in [-0.2, -0.15) is 0 Å². The summed E-state index contributed by atoms with van der Waals surface area (Å²) in [6.45, 7) is 5.69. The second kappa shape index (κ2) is 11.8. The molecule has 35 heavy (non-hydrogen) atoms. The Labute approximate surface area is 211 Å². The normalized spacial score (nSPS) is 20.2. The highest BCUT2D eigenvalue weighted by Gasteiger charge is 2.41. The zero-order chi connectivity index (χ0) is 24.8. The van der Waals surface area contributed by atoms with Gasteiger partial charge >= 0.3 is 5.97 Å². The fourth-order valence-corrected chi connectivity index (χ4v) is 5.74. The molecule has 1 N–H and O–H groups in total. The van der Waals surface area contributed by atoms with Gasteiger partial charge in [0.2, 0.25) is 5.91 Å². The molecule has 4 rings (SSSR count). The van der Waals surface area contributed by atoms with Crippen LogP contribution >= 0.6 is 11.8 Å². The summed E-state index contributed by atoms with van der Waals surface area (Å²) in [4.78, 5) is 35.0. The third-order valence-electron chi connectivity index (χ3n) is 6.58.